The largest absolute Gasteiger partial charge is 0.378 e. The highest BCUT2D eigenvalue weighted by Crippen LogP contribution is 2.28. The topological polar surface area (TPSA) is 79.0 Å². The molecule has 1 aliphatic carbocycles. The number of urea groups is 1. The molecule has 7 nitrogen and oxygen atoms in total. The molecule has 1 atom stereocenters. The molecular formula is C25H37N3O4. The first-order valence-electron chi connectivity index (χ1n) is 12.1. The summed E-state index contributed by atoms with van der Waals surface area (Å²) in [4.78, 5) is 43.7. The lowest BCUT2D eigenvalue weighted by molar-refractivity contribution is -0.138. The first kappa shape index (κ1) is 24.2. The van der Waals surface area contributed by atoms with E-state index >= 15 is 0 Å². The van der Waals surface area contributed by atoms with E-state index in [4.69, 9.17) is 4.74 Å². The summed E-state index contributed by atoms with van der Waals surface area (Å²) in [6.07, 6.45) is 7.18. The van der Waals surface area contributed by atoms with Gasteiger partial charge in [-0.15, -0.1) is 0 Å². The Kier molecular flexibility index (Phi) is 9.09. The zero-order valence-corrected chi connectivity index (χ0v) is 19.5. The number of benzene rings is 1. The molecule has 1 saturated heterocycles. The Labute approximate surface area is 191 Å². The van der Waals surface area contributed by atoms with Crippen molar-refractivity contribution < 1.29 is 19.1 Å². The maximum absolute atomic E-state index is 13.7. The highest BCUT2D eigenvalue weighted by molar-refractivity contribution is 6.42. The monoisotopic (exact) mass is 443 g/mol. The highest BCUT2D eigenvalue weighted by Gasteiger charge is 2.40. The van der Waals surface area contributed by atoms with Crippen molar-refractivity contribution in [3.05, 3.63) is 29.8 Å². The third kappa shape index (κ3) is 6.09. The summed E-state index contributed by atoms with van der Waals surface area (Å²) in [6, 6.07) is 6.54. The average Bonchev–Trinajstić information content (AvgIpc) is 2.83. The molecule has 176 valence electrons. The van der Waals surface area contributed by atoms with E-state index in [9.17, 15) is 14.4 Å². The van der Waals surface area contributed by atoms with Gasteiger partial charge in [0.2, 0.25) is 5.78 Å². The van der Waals surface area contributed by atoms with Crippen LogP contribution in [0.3, 0.4) is 0 Å². The van der Waals surface area contributed by atoms with Gasteiger partial charge in [0.15, 0.2) is 0 Å². The number of nitrogens with zero attached hydrogens (tertiary/aromatic N) is 2. The number of hydrogen-bond donors (Lipinski definition) is 1. The van der Waals surface area contributed by atoms with Crippen molar-refractivity contribution in [2.45, 2.75) is 77.3 Å². The zero-order chi connectivity index (χ0) is 22.9. The van der Waals surface area contributed by atoms with Gasteiger partial charge in [-0.1, -0.05) is 57.2 Å². The highest BCUT2D eigenvalue weighted by atomic mass is 16.5. The number of aryl methyl sites for hydroxylation is 1. The van der Waals surface area contributed by atoms with Crippen molar-refractivity contribution in [2.75, 3.05) is 31.6 Å². The molecule has 1 saturated carbocycles. The van der Waals surface area contributed by atoms with Gasteiger partial charge in [-0.2, -0.15) is 0 Å². The van der Waals surface area contributed by atoms with Crippen molar-refractivity contribution in [1.29, 1.82) is 0 Å². The Bertz CT molecular complexity index is 785. The number of Topliss-reactive ketones (excluding diaryl/α,β-unsaturated/α-hetero) is 1. The first-order chi connectivity index (χ1) is 15.5. The van der Waals surface area contributed by atoms with E-state index in [-0.39, 0.29) is 12.1 Å². The van der Waals surface area contributed by atoms with Crippen LogP contribution in [0.25, 0.3) is 0 Å². The van der Waals surface area contributed by atoms with Gasteiger partial charge < -0.3 is 19.9 Å². The van der Waals surface area contributed by atoms with Crippen LogP contribution in [0.1, 0.15) is 63.9 Å². The lowest BCUT2D eigenvalue weighted by Gasteiger charge is -2.42. The smallest absolute Gasteiger partial charge is 0.321 e. The van der Waals surface area contributed by atoms with E-state index in [2.05, 4.69) is 12.2 Å². The minimum absolute atomic E-state index is 0.00355. The molecule has 1 N–H and O–H groups in total. The zero-order valence-electron chi connectivity index (χ0n) is 19.5. The van der Waals surface area contributed by atoms with Crippen molar-refractivity contribution in [1.82, 2.24) is 9.80 Å². The number of amides is 3. The van der Waals surface area contributed by atoms with Crippen LogP contribution < -0.4 is 5.32 Å². The van der Waals surface area contributed by atoms with Gasteiger partial charge in [-0.3, -0.25) is 9.59 Å². The molecule has 2 aliphatic rings. The van der Waals surface area contributed by atoms with Gasteiger partial charge in [0.05, 0.1) is 13.2 Å². The van der Waals surface area contributed by atoms with Gasteiger partial charge >= 0.3 is 6.03 Å². The maximum Gasteiger partial charge on any atom is 0.321 e. The number of ether oxygens (including phenoxy) is 1. The molecule has 0 radical (unpaired) electrons. The molecular weight excluding hydrogens is 406 g/mol. The fourth-order valence-corrected chi connectivity index (χ4v) is 4.66. The minimum Gasteiger partial charge on any atom is -0.378 e. The number of carbonyl (C=O) groups is 3. The Morgan fingerprint density at radius 2 is 1.81 bits per heavy atom. The lowest BCUT2D eigenvalue weighted by atomic mass is 9.91. The van der Waals surface area contributed by atoms with Crippen LogP contribution in [0.4, 0.5) is 10.5 Å². The molecule has 32 heavy (non-hydrogen) atoms. The molecule has 0 spiro atoms. The summed E-state index contributed by atoms with van der Waals surface area (Å²) in [5, 5.41) is 2.78. The van der Waals surface area contributed by atoms with E-state index in [0.717, 1.165) is 50.5 Å². The molecule has 0 bridgehead atoms. The summed E-state index contributed by atoms with van der Waals surface area (Å²) in [5.74, 6) is -1.16. The normalized spacial score (nSPS) is 18.1. The van der Waals surface area contributed by atoms with E-state index in [1.807, 2.05) is 25.1 Å². The second-order valence-corrected chi connectivity index (χ2v) is 8.87. The summed E-state index contributed by atoms with van der Waals surface area (Å²) in [7, 11) is 0. The van der Waals surface area contributed by atoms with Crippen LogP contribution in [-0.4, -0.2) is 65.9 Å². The van der Waals surface area contributed by atoms with Gasteiger partial charge in [-0.25, -0.2) is 4.79 Å². The third-order valence-electron chi connectivity index (χ3n) is 6.56. The van der Waals surface area contributed by atoms with E-state index in [1.54, 1.807) is 15.9 Å². The standard InChI is InChI=1S/C25H37N3O4/c1-3-4-14-22(23(29)24(30)26-21-13-9-8-10-19(21)2)28(20-11-6-5-7-12-20)25(31)27-15-17-32-18-16-27/h8-10,13,20,22H,3-7,11-12,14-18H2,1-2H3,(H,26,30)/t22-/m0/s1. The quantitative estimate of drug-likeness (QED) is 0.612. The molecule has 3 amide bonds. The maximum atomic E-state index is 13.7. The Morgan fingerprint density at radius 3 is 2.47 bits per heavy atom. The molecule has 1 aromatic carbocycles. The number of hydrogen-bond acceptors (Lipinski definition) is 4. The molecule has 0 unspecified atom stereocenters. The van der Waals surface area contributed by atoms with Gasteiger partial charge in [0.1, 0.15) is 6.04 Å². The number of morpholine rings is 1. The van der Waals surface area contributed by atoms with E-state index in [0.29, 0.717) is 38.4 Å². The molecule has 3 rings (SSSR count). The first-order valence-corrected chi connectivity index (χ1v) is 12.1. The summed E-state index contributed by atoms with van der Waals surface area (Å²) in [5.41, 5.74) is 1.52. The van der Waals surface area contributed by atoms with Crippen LogP contribution in [0.2, 0.25) is 0 Å². The Balaban J connectivity index is 1.86. The number of unbranched alkanes of at least 4 members (excludes halogenated alkanes) is 1. The predicted octanol–water partition coefficient (Wildman–Crippen LogP) is 4.15. The molecule has 0 aromatic heterocycles. The van der Waals surface area contributed by atoms with Crippen molar-refractivity contribution in [3.8, 4) is 0 Å². The number of nitrogens with one attached hydrogen (secondary N) is 1. The molecule has 2 fully saturated rings. The Hall–Kier alpha value is -2.41. The number of carbonyl (C=O) groups excluding carboxylic acids is 3. The van der Waals surface area contributed by atoms with Gasteiger partial charge in [0, 0.05) is 24.8 Å². The van der Waals surface area contributed by atoms with E-state index in [1.165, 1.54) is 0 Å². The van der Waals surface area contributed by atoms with Crippen LogP contribution in [0.5, 0.6) is 0 Å². The van der Waals surface area contributed by atoms with Crippen LogP contribution in [-0.2, 0) is 14.3 Å². The second kappa shape index (κ2) is 12.0. The van der Waals surface area contributed by atoms with Gasteiger partial charge in [-0.05, 0) is 37.8 Å². The van der Waals surface area contributed by atoms with Crippen LogP contribution >= 0.6 is 0 Å². The minimum atomic E-state index is -0.739. The summed E-state index contributed by atoms with van der Waals surface area (Å²) >= 11 is 0. The van der Waals surface area contributed by atoms with Crippen LogP contribution in [0, 0.1) is 6.92 Å². The number of ketones is 1. The summed E-state index contributed by atoms with van der Waals surface area (Å²) < 4.78 is 5.42. The number of anilines is 1. The second-order valence-electron chi connectivity index (χ2n) is 8.87. The number of rotatable bonds is 8. The third-order valence-corrected chi connectivity index (χ3v) is 6.56. The predicted molar refractivity (Wildman–Crippen MR) is 125 cm³/mol. The summed E-state index contributed by atoms with van der Waals surface area (Å²) in [6.45, 7) is 6.00. The van der Waals surface area contributed by atoms with E-state index < -0.39 is 17.7 Å². The molecule has 1 heterocycles. The lowest BCUT2D eigenvalue weighted by Crippen LogP contribution is -2.59. The van der Waals surface area contributed by atoms with Crippen molar-refractivity contribution in [3.63, 3.8) is 0 Å². The molecule has 1 aromatic rings. The average molecular weight is 444 g/mol. The van der Waals surface area contributed by atoms with Crippen molar-refractivity contribution in [2.24, 2.45) is 0 Å². The fraction of sp³-hybridized carbons (Fsp3) is 0.640. The van der Waals surface area contributed by atoms with Gasteiger partial charge in [0.25, 0.3) is 5.91 Å². The number of para-hydroxylation sites is 1. The Morgan fingerprint density at radius 1 is 1.12 bits per heavy atom. The molecule has 7 heteroatoms. The van der Waals surface area contributed by atoms with Crippen LogP contribution in [0.15, 0.2) is 24.3 Å². The fourth-order valence-electron chi connectivity index (χ4n) is 4.66. The SMILES string of the molecule is CCCC[C@@H](C(=O)C(=O)Nc1ccccc1C)N(C(=O)N1CCOCC1)C1CCCCC1. The van der Waals surface area contributed by atoms with Crippen molar-refractivity contribution >= 4 is 23.4 Å². The molecule has 1 aliphatic heterocycles.